The van der Waals surface area contributed by atoms with E-state index in [-0.39, 0.29) is 0 Å². The standard InChI is InChI=1S/C16H33N3S2/c1-15(2)10-9-11-16-14-17-18-19(16)12-7-5-6-8-13-21(3,4)20/h14-15,20H,5-13H2,1-4H3. The zero-order valence-electron chi connectivity index (χ0n) is 14.2. The van der Waals surface area contributed by atoms with E-state index in [0.29, 0.717) is 0 Å². The summed E-state index contributed by atoms with van der Waals surface area (Å²) in [5.74, 6) is 2.06. The molecule has 0 aliphatic rings. The van der Waals surface area contributed by atoms with E-state index in [1.54, 1.807) is 0 Å². The monoisotopic (exact) mass is 331 g/mol. The number of thiol groups is 1. The van der Waals surface area contributed by atoms with Crippen LogP contribution in [0.15, 0.2) is 6.20 Å². The molecule has 0 fully saturated rings. The quantitative estimate of drug-likeness (QED) is 0.361. The molecule has 5 heteroatoms. The molecule has 124 valence electrons. The lowest BCUT2D eigenvalue weighted by Gasteiger charge is -2.23. The SMILES string of the molecule is CC(C)CCCc1cnnn1CCCCCCS(C)(C)S. The third-order valence-electron chi connectivity index (χ3n) is 3.68. The molecule has 0 amide bonds. The van der Waals surface area contributed by atoms with E-state index < -0.39 is 9.06 Å². The van der Waals surface area contributed by atoms with E-state index in [1.165, 1.54) is 50.0 Å². The van der Waals surface area contributed by atoms with Crippen molar-refractivity contribution >= 4 is 20.7 Å². The number of aromatic nitrogens is 3. The molecule has 0 aromatic carbocycles. The van der Waals surface area contributed by atoms with Crippen LogP contribution in [0.25, 0.3) is 0 Å². The fraction of sp³-hybridized carbons (Fsp3) is 0.875. The molecule has 0 saturated heterocycles. The number of hydrogen-bond donors (Lipinski definition) is 1. The van der Waals surface area contributed by atoms with Gasteiger partial charge in [0.2, 0.25) is 0 Å². The molecule has 0 spiro atoms. The summed E-state index contributed by atoms with van der Waals surface area (Å²) >= 11 is 4.65. The van der Waals surface area contributed by atoms with Gasteiger partial charge in [-0.2, -0.15) is 0 Å². The first-order chi connectivity index (χ1) is 9.88. The second-order valence-electron chi connectivity index (χ2n) is 6.83. The first kappa shape index (κ1) is 18.9. The molecule has 1 aromatic heterocycles. The zero-order chi connectivity index (χ0) is 15.7. The minimum Gasteiger partial charge on any atom is -0.249 e. The molecule has 1 rings (SSSR count). The maximum Gasteiger partial charge on any atom is 0.0725 e. The maximum absolute atomic E-state index is 4.65. The number of unbranched alkanes of at least 4 members (excludes halogenated alkanes) is 3. The Balaban J connectivity index is 2.16. The van der Waals surface area contributed by atoms with Crippen molar-refractivity contribution in [3.63, 3.8) is 0 Å². The van der Waals surface area contributed by atoms with E-state index >= 15 is 0 Å². The van der Waals surface area contributed by atoms with E-state index in [1.807, 2.05) is 6.20 Å². The smallest absolute Gasteiger partial charge is 0.0725 e. The van der Waals surface area contributed by atoms with Crippen LogP contribution in [-0.2, 0) is 13.0 Å². The third kappa shape index (κ3) is 9.46. The van der Waals surface area contributed by atoms with Crippen LogP contribution in [0.4, 0.5) is 0 Å². The normalized spacial score (nSPS) is 13.0. The van der Waals surface area contributed by atoms with Gasteiger partial charge in [-0.15, -0.1) is 16.8 Å². The Morgan fingerprint density at radius 1 is 1.14 bits per heavy atom. The van der Waals surface area contributed by atoms with Crippen molar-refractivity contribution in [2.45, 2.75) is 65.3 Å². The van der Waals surface area contributed by atoms with Crippen molar-refractivity contribution in [1.29, 1.82) is 0 Å². The van der Waals surface area contributed by atoms with Crippen LogP contribution in [0.3, 0.4) is 0 Å². The summed E-state index contributed by atoms with van der Waals surface area (Å²) < 4.78 is 2.11. The molecule has 3 nitrogen and oxygen atoms in total. The van der Waals surface area contributed by atoms with Crippen molar-refractivity contribution in [1.82, 2.24) is 15.0 Å². The molecule has 1 heterocycles. The Labute approximate surface area is 137 Å². The molecule has 0 atom stereocenters. The summed E-state index contributed by atoms with van der Waals surface area (Å²) in [6.07, 6.45) is 15.2. The second-order valence-corrected chi connectivity index (χ2v) is 13.2. The van der Waals surface area contributed by atoms with Crippen molar-refractivity contribution in [3.05, 3.63) is 11.9 Å². The fourth-order valence-corrected chi connectivity index (χ4v) is 3.72. The van der Waals surface area contributed by atoms with Gasteiger partial charge in [0.25, 0.3) is 0 Å². The summed E-state index contributed by atoms with van der Waals surface area (Å²) in [4.78, 5) is 0. The molecular formula is C16H33N3S2. The number of nitrogens with zero attached hydrogens (tertiary/aromatic N) is 3. The highest BCUT2D eigenvalue weighted by Gasteiger charge is 2.06. The first-order valence-corrected chi connectivity index (χ1v) is 11.9. The number of rotatable bonds is 11. The van der Waals surface area contributed by atoms with Crippen LogP contribution in [0.1, 0.15) is 58.1 Å². The number of aryl methyl sites for hydroxylation is 2. The van der Waals surface area contributed by atoms with E-state index in [4.69, 9.17) is 0 Å². The summed E-state index contributed by atoms with van der Waals surface area (Å²) in [5, 5.41) is 8.30. The minimum atomic E-state index is -0.612. The van der Waals surface area contributed by atoms with Gasteiger partial charge in [-0.25, -0.2) is 13.7 Å². The molecule has 21 heavy (non-hydrogen) atoms. The zero-order valence-corrected chi connectivity index (χ0v) is 15.9. The predicted molar refractivity (Wildman–Crippen MR) is 99.6 cm³/mol. The van der Waals surface area contributed by atoms with Gasteiger partial charge in [0.1, 0.15) is 0 Å². The molecule has 0 saturated carbocycles. The second kappa shape index (κ2) is 9.78. The summed E-state index contributed by atoms with van der Waals surface area (Å²) in [5.41, 5.74) is 1.30. The van der Waals surface area contributed by atoms with Gasteiger partial charge in [-0.05, 0) is 49.9 Å². The van der Waals surface area contributed by atoms with Crippen molar-refractivity contribution in [2.75, 3.05) is 18.3 Å². The van der Waals surface area contributed by atoms with E-state index in [9.17, 15) is 0 Å². The van der Waals surface area contributed by atoms with Gasteiger partial charge in [-0.1, -0.05) is 38.3 Å². The average molecular weight is 332 g/mol. The van der Waals surface area contributed by atoms with Gasteiger partial charge in [0, 0.05) is 6.54 Å². The van der Waals surface area contributed by atoms with Crippen LogP contribution in [0.2, 0.25) is 0 Å². The summed E-state index contributed by atoms with van der Waals surface area (Å²) in [6.45, 7) is 5.58. The molecular weight excluding hydrogens is 298 g/mol. The largest absolute Gasteiger partial charge is 0.249 e. The molecule has 0 unspecified atom stereocenters. The molecule has 0 bridgehead atoms. The van der Waals surface area contributed by atoms with Gasteiger partial charge in [0.05, 0.1) is 11.9 Å². The molecule has 1 aromatic rings. The van der Waals surface area contributed by atoms with E-state index in [0.717, 1.165) is 18.9 Å². The van der Waals surface area contributed by atoms with Crippen LogP contribution in [0.5, 0.6) is 0 Å². The minimum absolute atomic E-state index is 0.612. The van der Waals surface area contributed by atoms with Crippen LogP contribution in [-0.4, -0.2) is 33.3 Å². The van der Waals surface area contributed by atoms with Gasteiger partial charge >= 0.3 is 0 Å². The van der Waals surface area contributed by atoms with E-state index in [2.05, 4.69) is 53.0 Å². The number of hydrogen-bond acceptors (Lipinski definition) is 3. The predicted octanol–water partition coefficient (Wildman–Crippen LogP) is 4.73. The Morgan fingerprint density at radius 2 is 1.86 bits per heavy atom. The lowest BCUT2D eigenvalue weighted by molar-refractivity contribution is 0.497. The lowest BCUT2D eigenvalue weighted by atomic mass is 10.1. The highest BCUT2D eigenvalue weighted by Crippen LogP contribution is 2.45. The first-order valence-electron chi connectivity index (χ1n) is 8.19. The molecule has 0 aliphatic carbocycles. The Hall–Kier alpha value is -0.160. The van der Waals surface area contributed by atoms with Crippen LogP contribution in [0, 0.1) is 5.92 Å². The van der Waals surface area contributed by atoms with Gasteiger partial charge in [0.15, 0.2) is 0 Å². The Morgan fingerprint density at radius 3 is 2.52 bits per heavy atom. The molecule has 0 aliphatic heterocycles. The third-order valence-corrected chi connectivity index (χ3v) is 5.51. The molecule has 0 radical (unpaired) electrons. The lowest BCUT2D eigenvalue weighted by Crippen LogP contribution is -2.06. The van der Waals surface area contributed by atoms with Gasteiger partial charge in [-0.3, -0.25) is 0 Å². The maximum atomic E-state index is 4.65. The highest BCUT2D eigenvalue weighted by atomic mass is 33.1. The summed E-state index contributed by atoms with van der Waals surface area (Å²) in [7, 11) is -0.612. The summed E-state index contributed by atoms with van der Waals surface area (Å²) in [6, 6.07) is 0. The van der Waals surface area contributed by atoms with Crippen molar-refractivity contribution < 1.29 is 0 Å². The average Bonchev–Trinajstić information content (AvgIpc) is 2.79. The van der Waals surface area contributed by atoms with Crippen molar-refractivity contribution in [2.24, 2.45) is 5.92 Å². The topological polar surface area (TPSA) is 30.7 Å². The van der Waals surface area contributed by atoms with Crippen LogP contribution >= 0.6 is 20.7 Å². The fourth-order valence-electron chi connectivity index (χ4n) is 2.42. The van der Waals surface area contributed by atoms with Crippen LogP contribution < -0.4 is 0 Å². The van der Waals surface area contributed by atoms with Gasteiger partial charge < -0.3 is 0 Å². The van der Waals surface area contributed by atoms with Crippen molar-refractivity contribution in [3.8, 4) is 0 Å². The Bertz CT molecular complexity index is 383. The highest BCUT2D eigenvalue weighted by molar-refractivity contribution is 8.87. The molecule has 0 N–H and O–H groups in total. The Kier molecular flexibility index (Phi) is 8.79.